The van der Waals surface area contributed by atoms with E-state index < -0.39 is 0 Å². The molecule has 5 heteroatoms. The minimum Gasteiger partial charge on any atom is -0.506 e. The maximum absolute atomic E-state index is 12.3. The smallest absolute Gasteiger partial charge is 0.257 e. The van der Waals surface area contributed by atoms with Crippen LogP contribution in [0.5, 0.6) is 5.75 Å². The lowest BCUT2D eigenvalue weighted by Crippen LogP contribution is -2.34. The van der Waals surface area contributed by atoms with Gasteiger partial charge >= 0.3 is 0 Å². The number of phenols is 1. The Labute approximate surface area is 126 Å². The number of hydrogen-bond donors (Lipinski definition) is 1. The molecule has 5 nitrogen and oxygen atoms in total. The molecule has 0 unspecified atom stereocenters. The standard InChI is InChI=1S/C16H24N2O3/c1-10(2)17(5)15(20)12-8-7-9-13(14(12)19)16(21)18(6)11(3)4/h7-11,19H,1-6H3. The Morgan fingerprint density at radius 3 is 1.52 bits per heavy atom. The maximum Gasteiger partial charge on any atom is 0.257 e. The molecule has 0 aromatic heterocycles. The first-order valence-electron chi connectivity index (χ1n) is 7.04. The van der Waals surface area contributed by atoms with E-state index in [0.717, 1.165) is 0 Å². The van der Waals surface area contributed by atoms with Crippen molar-refractivity contribution >= 4 is 11.8 Å². The van der Waals surface area contributed by atoms with Crippen LogP contribution in [0.1, 0.15) is 48.4 Å². The van der Waals surface area contributed by atoms with Gasteiger partial charge in [0.05, 0.1) is 11.1 Å². The lowest BCUT2D eigenvalue weighted by molar-refractivity contribution is 0.0748. The van der Waals surface area contributed by atoms with Gasteiger partial charge in [0.2, 0.25) is 0 Å². The molecule has 0 aliphatic heterocycles. The minimum atomic E-state index is -0.302. The number of carbonyl (C=O) groups is 2. The van der Waals surface area contributed by atoms with E-state index in [1.165, 1.54) is 21.9 Å². The van der Waals surface area contributed by atoms with Crippen LogP contribution in [0.2, 0.25) is 0 Å². The van der Waals surface area contributed by atoms with E-state index in [1.54, 1.807) is 20.2 Å². The van der Waals surface area contributed by atoms with Crippen molar-refractivity contribution in [1.29, 1.82) is 0 Å². The summed E-state index contributed by atoms with van der Waals surface area (Å²) < 4.78 is 0. The quantitative estimate of drug-likeness (QED) is 0.926. The third-order valence-electron chi connectivity index (χ3n) is 3.69. The highest BCUT2D eigenvalue weighted by molar-refractivity contribution is 6.03. The Hall–Kier alpha value is -2.04. The van der Waals surface area contributed by atoms with Crippen LogP contribution in [0.4, 0.5) is 0 Å². The molecule has 0 bridgehead atoms. The molecule has 0 aliphatic carbocycles. The summed E-state index contributed by atoms with van der Waals surface area (Å²) in [6.07, 6.45) is 0. The molecular weight excluding hydrogens is 268 g/mol. The van der Waals surface area contributed by atoms with E-state index in [0.29, 0.717) is 0 Å². The van der Waals surface area contributed by atoms with Crippen LogP contribution in [-0.2, 0) is 0 Å². The lowest BCUT2D eigenvalue weighted by Gasteiger charge is -2.24. The topological polar surface area (TPSA) is 60.9 Å². The number of aromatic hydroxyl groups is 1. The Balaban J connectivity index is 3.21. The molecule has 1 rings (SSSR count). The predicted octanol–water partition coefficient (Wildman–Crippen LogP) is 2.35. The molecule has 116 valence electrons. The largest absolute Gasteiger partial charge is 0.506 e. The van der Waals surface area contributed by atoms with Gasteiger partial charge in [-0.2, -0.15) is 0 Å². The molecule has 0 radical (unpaired) electrons. The van der Waals surface area contributed by atoms with Crippen LogP contribution in [-0.4, -0.2) is 52.9 Å². The third kappa shape index (κ3) is 3.54. The molecule has 0 fully saturated rings. The zero-order chi connectivity index (χ0) is 16.3. The number of benzene rings is 1. The SMILES string of the molecule is CC(C)N(C)C(=O)c1cccc(C(=O)N(C)C(C)C)c1O. The summed E-state index contributed by atoms with van der Waals surface area (Å²) >= 11 is 0. The van der Waals surface area contributed by atoms with Crippen molar-refractivity contribution in [1.82, 2.24) is 9.80 Å². The van der Waals surface area contributed by atoms with Crippen molar-refractivity contribution in [3.05, 3.63) is 29.3 Å². The average Bonchev–Trinajstić information content (AvgIpc) is 2.44. The van der Waals surface area contributed by atoms with Gasteiger partial charge in [-0.3, -0.25) is 9.59 Å². The van der Waals surface area contributed by atoms with Gasteiger partial charge in [0.1, 0.15) is 5.75 Å². The zero-order valence-electron chi connectivity index (χ0n) is 13.5. The van der Waals surface area contributed by atoms with Crippen molar-refractivity contribution < 1.29 is 14.7 Å². The monoisotopic (exact) mass is 292 g/mol. The number of rotatable bonds is 4. The minimum absolute atomic E-state index is 0.00888. The molecular formula is C16H24N2O3. The molecule has 1 aromatic rings. The zero-order valence-corrected chi connectivity index (χ0v) is 13.5. The molecule has 0 saturated heterocycles. The van der Waals surface area contributed by atoms with Gasteiger partial charge in [-0.05, 0) is 39.8 Å². The van der Waals surface area contributed by atoms with E-state index in [-0.39, 0.29) is 40.8 Å². The Morgan fingerprint density at radius 2 is 1.24 bits per heavy atom. The van der Waals surface area contributed by atoms with Gasteiger partial charge in [-0.1, -0.05) is 6.07 Å². The molecule has 1 N–H and O–H groups in total. The van der Waals surface area contributed by atoms with Crippen molar-refractivity contribution in [2.45, 2.75) is 39.8 Å². The summed E-state index contributed by atoms with van der Waals surface area (Å²) in [5.74, 6) is -0.860. The maximum atomic E-state index is 12.3. The van der Waals surface area contributed by atoms with Crippen molar-refractivity contribution in [3.63, 3.8) is 0 Å². The highest BCUT2D eigenvalue weighted by Gasteiger charge is 2.24. The molecule has 0 aliphatic rings. The van der Waals surface area contributed by atoms with E-state index in [4.69, 9.17) is 0 Å². The second kappa shape index (κ2) is 6.61. The molecule has 0 atom stereocenters. The normalized spacial score (nSPS) is 10.9. The first kappa shape index (κ1) is 17.0. The van der Waals surface area contributed by atoms with Gasteiger partial charge in [-0.15, -0.1) is 0 Å². The van der Waals surface area contributed by atoms with Crippen LogP contribution >= 0.6 is 0 Å². The Bertz CT molecular complexity index is 494. The Morgan fingerprint density at radius 1 is 0.905 bits per heavy atom. The first-order valence-corrected chi connectivity index (χ1v) is 7.04. The second-order valence-electron chi connectivity index (χ2n) is 5.72. The average molecular weight is 292 g/mol. The Kier molecular flexibility index (Phi) is 5.35. The molecule has 0 heterocycles. The first-order chi connectivity index (χ1) is 9.68. The highest BCUT2D eigenvalue weighted by atomic mass is 16.3. The van der Waals surface area contributed by atoms with Gasteiger partial charge in [0.25, 0.3) is 11.8 Å². The molecule has 2 amide bonds. The summed E-state index contributed by atoms with van der Waals surface area (Å²) in [5.41, 5.74) is 0.295. The molecule has 0 saturated carbocycles. The molecule has 1 aromatic carbocycles. The van der Waals surface area contributed by atoms with Gasteiger partial charge in [-0.25, -0.2) is 0 Å². The second-order valence-corrected chi connectivity index (χ2v) is 5.72. The van der Waals surface area contributed by atoms with Crippen LogP contribution in [0.15, 0.2) is 18.2 Å². The number of para-hydroxylation sites is 1. The number of amides is 2. The third-order valence-corrected chi connectivity index (χ3v) is 3.69. The fraction of sp³-hybridized carbons (Fsp3) is 0.500. The van der Waals surface area contributed by atoms with Gasteiger partial charge in [0, 0.05) is 26.2 Å². The predicted molar refractivity (Wildman–Crippen MR) is 82.6 cm³/mol. The number of phenolic OH excluding ortho intramolecular Hbond substituents is 1. The van der Waals surface area contributed by atoms with Gasteiger partial charge < -0.3 is 14.9 Å². The van der Waals surface area contributed by atoms with Crippen molar-refractivity contribution in [2.24, 2.45) is 0 Å². The van der Waals surface area contributed by atoms with E-state index in [9.17, 15) is 14.7 Å². The summed E-state index contributed by atoms with van der Waals surface area (Å²) in [4.78, 5) is 27.7. The van der Waals surface area contributed by atoms with E-state index >= 15 is 0 Å². The fourth-order valence-electron chi connectivity index (χ4n) is 1.74. The van der Waals surface area contributed by atoms with Crippen LogP contribution < -0.4 is 0 Å². The van der Waals surface area contributed by atoms with Gasteiger partial charge in [0.15, 0.2) is 0 Å². The summed E-state index contributed by atoms with van der Waals surface area (Å²) in [5, 5.41) is 10.3. The number of carbonyl (C=O) groups excluding carboxylic acids is 2. The fourth-order valence-corrected chi connectivity index (χ4v) is 1.74. The van der Waals surface area contributed by atoms with Crippen molar-refractivity contribution in [3.8, 4) is 5.75 Å². The lowest BCUT2D eigenvalue weighted by atomic mass is 10.1. The highest BCUT2D eigenvalue weighted by Crippen LogP contribution is 2.25. The molecule has 0 spiro atoms. The summed E-state index contributed by atoms with van der Waals surface area (Å²) in [6.45, 7) is 7.54. The number of hydrogen-bond acceptors (Lipinski definition) is 3. The summed E-state index contributed by atoms with van der Waals surface area (Å²) in [7, 11) is 3.34. The van der Waals surface area contributed by atoms with Crippen molar-refractivity contribution in [2.75, 3.05) is 14.1 Å². The van der Waals surface area contributed by atoms with E-state index in [1.807, 2.05) is 27.7 Å². The summed E-state index contributed by atoms with van der Waals surface area (Å²) in [6, 6.07) is 4.69. The van der Waals surface area contributed by atoms with E-state index in [2.05, 4.69) is 0 Å². The molecule has 21 heavy (non-hydrogen) atoms. The number of nitrogens with zero attached hydrogens (tertiary/aromatic N) is 2. The van der Waals surface area contributed by atoms with Crippen LogP contribution in [0.25, 0.3) is 0 Å². The van der Waals surface area contributed by atoms with Crippen LogP contribution in [0, 0.1) is 0 Å². The van der Waals surface area contributed by atoms with Crippen LogP contribution in [0.3, 0.4) is 0 Å².